The van der Waals surface area contributed by atoms with Crippen LogP contribution >= 0.6 is 12.2 Å². The number of aromatic nitrogens is 2. The number of nitrogens with one attached hydrogen (secondary N) is 2. The number of carbonyl (C=O) groups is 1. The van der Waals surface area contributed by atoms with Gasteiger partial charge in [-0.15, -0.1) is 0 Å². The summed E-state index contributed by atoms with van der Waals surface area (Å²) in [7, 11) is 0. The van der Waals surface area contributed by atoms with Gasteiger partial charge in [-0.05, 0) is 97.9 Å². The third-order valence-electron chi connectivity index (χ3n) is 6.42. The van der Waals surface area contributed by atoms with E-state index in [1.807, 2.05) is 48.7 Å². The number of thiocarbonyl (C=S) groups is 1. The molecule has 0 saturated carbocycles. The summed E-state index contributed by atoms with van der Waals surface area (Å²) in [6, 6.07) is 24.1. The van der Waals surface area contributed by atoms with Gasteiger partial charge in [0.2, 0.25) is 5.91 Å². The second kappa shape index (κ2) is 9.35. The number of benzene rings is 2. The predicted molar refractivity (Wildman–Crippen MR) is 144 cm³/mol. The summed E-state index contributed by atoms with van der Waals surface area (Å²) in [6.07, 6.45) is 3.90. The van der Waals surface area contributed by atoms with E-state index in [0.29, 0.717) is 5.11 Å². The molecule has 1 fully saturated rings. The van der Waals surface area contributed by atoms with E-state index >= 15 is 0 Å². The van der Waals surface area contributed by atoms with Crippen molar-refractivity contribution >= 4 is 34.6 Å². The molecule has 1 saturated heterocycles. The number of pyridine rings is 1. The number of rotatable bonds is 5. The van der Waals surface area contributed by atoms with Crippen LogP contribution in [-0.2, 0) is 4.79 Å². The number of amides is 1. The number of hydrogen-bond donors (Lipinski definition) is 2. The Hall–Kier alpha value is -3.97. The van der Waals surface area contributed by atoms with Gasteiger partial charge in [0.15, 0.2) is 5.11 Å². The fourth-order valence-corrected chi connectivity index (χ4v) is 4.93. The molecule has 7 heteroatoms. The van der Waals surface area contributed by atoms with Crippen LogP contribution in [0.2, 0.25) is 0 Å². The van der Waals surface area contributed by atoms with Crippen LogP contribution in [0.15, 0.2) is 85.2 Å². The lowest BCUT2D eigenvalue weighted by atomic mass is 10.0. The number of nitrogens with zero attached hydrogens (tertiary/aromatic N) is 3. The van der Waals surface area contributed by atoms with Crippen molar-refractivity contribution in [2.45, 2.75) is 32.9 Å². The Morgan fingerprint density at radius 3 is 2.43 bits per heavy atom. The molecule has 1 aliphatic rings. The van der Waals surface area contributed by atoms with Crippen molar-refractivity contribution in [3.63, 3.8) is 0 Å². The summed E-state index contributed by atoms with van der Waals surface area (Å²) >= 11 is 5.86. The Morgan fingerprint density at radius 2 is 1.74 bits per heavy atom. The topological polar surface area (TPSA) is 62.2 Å². The van der Waals surface area contributed by atoms with Crippen LogP contribution in [0.5, 0.6) is 0 Å². The SMILES string of the molecule is CC(=O)Nc1ccc(N2C(=S)NC(c3ccccn3)C2c2cccn2-c2ccc(C)c(C)c2)cc1. The van der Waals surface area contributed by atoms with Crippen LogP contribution in [0.25, 0.3) is 5.69 Å². The minimum Gasteiger partial charge on any atom is -0.351 e. The standard InChI is InChI=1S/C28H27N5OS/c1-18-9-12-23(17-19(18)2)32-16-6-8-25(32)27-26(24-7-4-5-15-29-24)31-28(35)33(27)22-13-10-21(11-14-22)30-20(3)34/h4-17,26-27H,1-3H3,(H,30,34)(H,31,35). The number of anilines is 2. The molecule has 2 aromatic carbocycles. The molecule has 0 aliphatic carbocycles. The number of carbonyl (C=O) groups excluding carboxylic acids is 1. The lowest BCUT2D eigenvalue weighted by Crippen LogP contribution is -2.30. The number of hydrogen-bond acceptors (Lipinski definition) is 3. The maximum absolute atomic E-state index is 11.5. The van der Waals surface area contributed by atoms with E-state index in [1.165, 1.54) is 18.1 Å². The summed E-state index contributed by atoms with van der Waals surface area (Å²) in [4.78, 5) is 18.3. The predicted octanol–water partition coefficient (Wildman–Crippen LogP) is 5.62. The van der Waals surface area contributed by atoms with Crippen LogP contribution in [0.4, 0.5) is 11.4 Å². The molecule has 4 aromatic rings. The van der Waals surface area contributed by atoms with E-state index in [2.05, 4.69) is 75.5 Å². The molecular weight excluding hydrogens is 454 g/mol. The van der Waals surface area contributed by atoms with Crippen molar-refractivity contribution < 1.29 is 4.79 Å². The van der Waals surface area contributed by atoms with Crippen molar-refractivity contribution in [3.05, 3.63) is 108 Å². The van der Waals surface area contributed by atoms with Crippen LogP contribution in [0.3, 0.4) is 0 Å². The van der Waals surface area contributed by atoms with Gasteiger partial charge >= 0.3 is 0 Å². The summed E-state index contributed by atoms with van der Waals surface area (Å²) < 4.78 is 2.22. The Balaban J connectivity index is 1.62. The van der Waals surface area contributed by atoms with Crippen molar-refractivity contribution in [3.8, 4) is 5.69 Å². The first kappa shape index (κ1) is 22.8. The molecule has 2 unspecified atom stereocenters. The Bertz CT molecular complexity index is 1380. The molecule has 6 nitrogen and oxygen atoms in total. The maximum atomic E-state index is 11.5. The van der Waals surface area contributed by atoms with E-state index in [-0.39, 0.29) is 18.0 Å². The quantitative estimate of drug-likeness (QED) is 0.362. The molecule has 35 heavy (non-hydrogen) atoms. The number of aryl methyl sites for hydroxylation is 2. The summed E-state index contributed by atoms with van der Waals surface area (Å²) in [5.41, 5.74) is 7.31. The average molecular weight is 482 g/mol. The summed E-state index contributed by atoms with van der Waals surface area (Å²) in [5.74, 6) is -0.101. The van der Waals surface area contributed by atoms with Crippen LogP contribution in [-0.4, -0.2) is 20.6 Å². The van der Waals surface area contributed by atoms with E-state index in [0.717, 1.165) is 28.5 Å². The molecule has 2 atom stereocenters. The molecule has 176 valence electrons. The molecule has 1 amide bonds. The smallest absolute Gasteiger partial charge is 0.221 e. The molecule has 1 aliphatic heterocycles. The third kappa shape index (κ3) is 4.42. The van der Waals surface area contributed by atoms with Gasteiger partial charge in [-0.3, -0.25) is 9.78 Å². The maximum Gasteiger partial charge on any atom is 0.221 e. The first-order valence-corrected chi connectivity index (χ1v) is 12.0. The fraction of sp³-hybridized carbons (Fsp3) is 0.179. The van der Waals surface area contributed by atoms with Gasteiger partial charge in [0.25, 0.3) is 0 Å². The lowest BCUT2D eigenvalue weighted by molar-refractivity contribution is -0.114. The fourth-order valence-electron chi connectivity index (χ4n) is 4.59. The van der Waals surface area contributed by atoms with Crippen molar-refractivity contribution in [2.75, 3.05) is 10.2 Å². The average Bonchev–Trinajstić information content (AvgIpc) is 3.46. The minimum atomic E-state index is -0.140. The van der Waals surface area contributed by atoms with Gasteiger partial charge in [-0.1, -0.05) is 12.1 Å². The molecular formula is C28H27N5OS. The van der Waals surface area contributed by atoms with Crippen LogP contribution in [0.1, 0.15) is 41.5 Å². The van der Waals surface area contributed by atoms with Gasteiger partial charge in [-0.25, -0.2) is 0 Å². The highest BCUT2D eigenvalue weighted by atomic mass is 32.1. The minimum absolute atomic E-state index is 0.101. The zero-order valence-electron chi connectivity index (χ0n) is 19.9. The molecule has 3 heterocycles. The zero-order valence-corrected chi connectivity index (χ0v) is 20.7. The second-order valence-electron chi connectivity index (χ2n) is 8.80. The largest absolute Gasteiger partial charge is 0.351 e. The molecule has 0 radical (unpaired) electrons. The van der Waals surface area contributed by atoms with Gasteiger partial charge in [0, 0.05) is 42.1 Å². The second-order valence-corrected chi connectivity index (χ2v) is 9.18. The summed E-state index contributed by atoms with van der Waals surface area (Å²) in [5, 5.41) is 6.97. The van der Waals surface area contributed by atoms with E-state index in [1.54, 1.807) is 0 Å². The first-order valence-electron chi connectivity index (χ1n) is 11.6. The first-order chi connectivity index (χ1) is 16.9. The van der Waals surface area contributed by atoms with Gasteiger partial charge in [0.1, 0.15) is 6.04 Å². The van der Waals surface area contributed by atoms with E-state index in [9.17, 15) is 4.79 Å². The van der Waals surface area contributed by atoms with Crippen molar-refractivity contribution in [1.82, 2.24) is 14.9 Å². The highest BCUT2D eigenvalue weighted by molar-refractivity contribution is 7.80. The highest BCUT2D eigenvalue weighted by Crippen LogP contribution is 2.42. The zero-order chi connectivity index (χ0) is 24.5. The van der Waals surface area contributed by atoms with E-state index < -0.39 is 0 Å². The van der Waals surface area contributed by atoms with Crippen LogP contribution < -0.4 is 15.5 Å². The molecule has 2 N–H and O–H groups in total. The highest BCUT2D eigenvalue weighted by Gasteiger charge is 2.42. The summed E-state index contributed by atoms with van der Waals surface area (Å²) in [6.45, 7) is 5.76. The van der Waals surface area contributed by atoms with Gasteiger partial charge < -0.3 is 20.1 Å². The third-order valence-corrected chi connectivity index (χ3v) is 6.73. The molecule has 0 bridgehead atoms. The Morgan fingerprint density at radius 1 is 0.971 bits per heavy atom. The monoisotopic (exact) mass is 481 g/mol. The molecule has 0 spiro atoms. The Kier molecular flexibility index (Phi) is 6.09. The van der Waals surface area contributed by atoms with E-state index in [4.69, 9.17) is 12.2 Å². The van der Waals surface area contributed by atoms with Crippen LogP contribution in [0, 0.1) is 13.8 Å². The van der Waals surface area contributed by atoms with Crippen molar-refractivity contribution in [1.29, 1.82) is 0 Å². The molecule has 5 rings (SSSR count). The van der Waals surface area contributed by atoms with Crippen molar-refractivity contribution in [2.24, 2.45) is 0 Å². The molecule has 2 aromatic heterocycles. The van der Waals surface area contributed by atoms with Gasteiger partial charge in [0.05, 0.1) is 11.7 Å². The van der Waals surface area contributed by atoms with Gasteiger partial charge in [-0.2, -0.15) is 0 Å². The normalized spacial score (nSPS) is 17.3. The Labute approximate surface area is 210 Å². The lowest BCUT2D eigenvalue weighted by Gasteiger charge is -2.29.